The van der Waals surface area contributed by atoms with Crippen molar-refractivity contribution in [1.82, 2.24) is 14.7 Å². The van der Waals surface area contributed by atoms with Crippen molar-refractivity contribution < 1.29 is 9.26 Å². The molecule has 0 fully saturated rings. The van der Waals surface area contributed by atoms with Crippen molar-refractivity contribution in [3.8, 4) is 34.3 Å². The van der Waals surface area contributed by atoms with E-state index in [0.29, 0.717) is 22.7 Å². The lowest BCUT2D eigenvalue weighted by atomic mass is 10.1. The zero-order chi connectivity index (χ0) is 23.8. The SMILES string of the molecule is Cc1ccc(-n2cc(-c3nc(-c4ccc(OC(C)C)cc4)no3)c3ccccc3c2=O)cc1C. The van der Waals surface area contributed by atoms with Gasteiger partial charge in [-0.25, -0.2) is 0 Å². The van der Waals surface area contributed by atoms with Gasteiger partial charge in [0.05, 0.1) is 11.7 Å². The van der Waals surface area contributed by atoms with Gasteiger partial charge in [0, 0.05) is 28.2 Å². The van der Waals surface area contributed by atoms with Crippen molar-refractivity contribution in [2.75, 3.05) is 0 Å². The van der Waals surface area contributed by atoms with Crippen LogP contribution in [0.5, 0.6) is 5.75 Å². The summed E-state index contributed by atoms with van der Waals surface area (Å²) in [5.74, 6) is 1.61. The van der Waals surface area contributed by atoms with Gasteiger partial charge in [-0.1, -0.05) is 29.4 Å². The molecule has 0 spiro atoms. The Morgan fingerprint density at radius 1 is 0.912 bits per heavy atom. The number of aryl methyl sites for hydroxylation is 2. The van der Waals surface area contributed by atoms with E-state index in [9.17, 15) is 4.79 Å². The van der Waals surface area contributed by atoms with Crippen LogP contribution in [0.25, 0.3) is 39.3 Å². The average Bonchev–Trinajstić information content (AvgIpc) is 3.32. The second kappa shape index (κ2) is 8.63. The van der Waals surface area contributed by atoms with Crippen molar-refractivity contribution in [3.63, 3.8) is 0 Å². The first-order valence-corrected chi connectivity index (χ1v) is 11.2. The summed E-state index contributed by atoms with van der Waals surface area (Å²) < 4.78 is 13.0. The van der Waals surface area contributed by atoms with E-state index in [-0.39, 0.29) is 11.7 Å². The summed E-state index contributed by atoms with van der Waals surface area (Å²) in [6.07, 6.45) is 1.88. The molecular weight excluding hydrogens is 426 g/mol. The third kappa shape index (κ3) is 3.99. The Bertz CT molecular complexity index is 1550. The van der Waals surface area contributed by atoms with E-state index in [0.717, 1.165) is 28.0 Å². The van der Waals surface area contributed by atoms with E-state index in [1.54, 1.807) is 10.8 Å². The highest BCUT2D eigenvalue weighted by atomic mass is 16.5. The molecule has 6 nitrogen and oxygen atoms in total. The molecule has 0 bridgehead atoms. The van der Waals surface area contributed by atoms with Gasteiger partial charge in [0.25, 0.3) is 11.4 Å². The fourth-order valence-electron chi connectivity index (χ4n) is 3.93. The molecule has 0 amide bonds. The Labute approximate surface area is 197 Å². The van der Waals surface area contributed by atoms with Crippen LogP contribution in [0.1, 0.15) is 25.0 Å². The zero-order valence-corrected chi connectivity index (χ0v) is 19.6. The molecule has 2 aromatic heterocycles. The summed E-state index contributed by atoms with van der Waals surface area (Å²) in [5, 5.41) is 5.55. The summed E-state index contributed by atoms with van der Waals surface area (Å²) in [5.41, 5.74) is 4.50. The molecular formula is C28H25N3O3. The highest BCUT2D eigenvalue weighted by Gasteiger charge is 2.17. The first-order chi connectivity index (χ1) is 16.4. The molecule has 34 heavy (non-hydrogen) atoms. The van der Waals surface area contributed by atoms with Gasteiger partial charge in [0.1, 0.15) is 5.75 Å². The smallest absolute Gasteiger partial charge is 0.262 e. The van der Waals surface area contributed by atoms with Crippen molar-refractivity contribution in [3.05, 3.63) is 94.4 Å². The lowest BCUT2D eigenvalue weighted by Crippen LogP contribution is -2.18. The second-order valence-electron chi connectivity index (χ2n) is 8.65. The molecule has 0 saturated carbocycles. The molecule has 0 radical (unpaired) electrons. The van der Waals surface area contributed by atoms with Crippen LogP contribution in [-0.4, -0.2) is 20.8 Å². The standard InChI is InChI=1S/C28H25N3O3/c1-17(2)33-22-13-10-20(11-14-22)26-29-27(34-30-26)25-16-31(21-12-9-18(3)19(4)15-21)28(32)24-8-6-5-7-23(24)25/h5-17H,1-4H3. The average molecular weight is 452 g/mol. The van der Waals surface area contributed by atoms with E-state index in [4.69, 9.17) is 9.26 Å². The molecule has 3 aromatic carbocycles. The Hall–Kier alpha value is -4.19. The van der Waals surface area contributed by atoms with Crippen LogP contribution in [0, 0.1) is 13.8 Å². The maximum atomic E-state index is 13.3. The minimum Gasteiger partial charge on any atom is -0.491 e. The Morgan fingerprint density at radius 3 is 2.35 bits per heavy atom. The molecule has 0 saturated heterocycles. The van der Waals surface area contributed by atoms with Crippen molar-refractivity contribution in [1.29, 1.82) is 0 Å². The fourth-order valence-corrected chi connectivity index (χ4v) is 3.93. The Balaban J connectivity index is 1.62. The number of hydrogen-bond donors (Lipinski definition) is 0. The van der Waals surface area contributed by atoms with Gasteiger partial charge in [-0.15, -0.1) is 0 Å². The number of pyridine rings is 1. The lowest BCUT2D eigenvalue weighted by molar-refractivity contribution is 0.242. The normalized spacial score (nSPS) is 11.3. The highest BCUT2D eigenvalue weighted by molar-refractivity contribution is 5.94. The number of ether oxygens (including phenoxy) is 1. The molecule has 0 aliphatic carbocycles. The van der Waals surface area contributed by atoms with Crippen LogP contribution in [0.2, 0.25) is 0 Å². The van der Waals surface area contributed by atoms with E-state index in [1.165, 1.54) is 5.56 Å². The molecule has 2 heterocycles. The summed E-state index contributed by atoms with van der Waals surface area (Å²) in [6.45, 7) is 8.06. The zero-order valence-electron chi connectivity index (χ0n) is 19.6. The lowest BCUT2D eigenvalue weighted by Gasteiger charge is -2.12. The summed E-state index contributed by atoms with van der Waals surface area (Å²) in [7, 11) is 0. The van der Waals surface area contributed by atoms with Crippen LogP contribution in [0.3, 0.4) is 0 Å². The van der Waals surface area contributed by atoms with Crippen LogP contribution in [0.4, 0.5) is 0 Å². The van der Waals surface area contributed by atoms with E-state index in [2.05, 4.69) is 17.1 Å². The van der Waals surface area contributed by atoms with Gasteiger partial charge in [0.15, 0.2) is 0 Å². The Kier molecular flexibility index (Phi) is 5.49. The second-order valence-corrected chi connectivity index (χ2v) is 8.65. The van der Waals surface area contributed by atoms with Crippen molar-refractivity contribution in [2.24, 2.45) is 0 Å². The number of fused-ring (bicyclic) bond motifs is 1. The number of rotatable bonds is 5. The molecule has 5 aromatic rings. The maximum Gasteiger partial charge on any atom is 0.262 e. The van der Waals surface area contributed by atoms with E-state index >= 15 is 0 Å². The first-order valence-electron chi connectivity index (χ1n) is 11.2. The monoisotopic (exact) mass is 451 g/mol. The first kappa shape index (κ1) is 21.6. The van der Waals surface area contributed by atoms with E-state index in [1.807, 2.05) is 87.5 Å². The molecule has 0 aliphatic heterocycles. The predicted octanol–water partition coefficient (Wildman–Crippen LogP) is 6.11. The minimum absolute atomic E-state index is 0.0944. The van der Waals surface area contributed by atoms with Gasteiger partial charge in [0.2, 0.25) is 5.82 Å². The molecule has 0 N–H and O–H groups in total. The van der Waals surface area contributed by atoms with Crippen LogP contribution in [0.15, 0.2) is 82.2 Å². The minimum atomic E-state index is -0.0944. The number of nitrogens with zero attached hydrogens (tertiary/aromatic N) is 3. The quantitative estimate of drug-likeness (QED) is 0.322. The van der Waals surface area contributed by atoms with Crippen LogP contribution < -0.4 is 10.3 Å². The molecule has 0 unspecified atom stereocenters. The molecule has 5 rings (SSSR count). The third-order valence-corrected chi connectivity index (χ3v) is 5.83. The summed E-state index contributed by atoms with van der Waals surface area (Å²) in [4.78, 5) is 18.0. The van der Waals surface area contributed by atoms with Crippen molar-refractivity contribution >= 4 is 10.8 Å². The third-order valence-electron chi connectivity index (χ3n) is 5.83. The predicted molar refractivity (Wildman–Crippen MR) is 134 cm³/mol. The number of aromatic nitrogens is 3. The molecule has 0 aliphatic rings. The van der Waals surface area contributed by atoms with Crippen molar-refractivity contribution in [2.45, 2.75) is 33.8 Å². The summed E-state index contributed by atoms with van der Waals surface area (Å²) >= 11 is 0. The summed E-state index contributed by atoms with van der Waals surface area (Å²) in [6, 6.07) is 21.0. The van der Waals surface area contributed by atoms with Gasteiger partial charge >= 0.3 is 0 Å². The molecule has 0 atom stereocenters. The van der Waals surface area contributed by atoms with E-state index < -0.39 is 0 Å². The Morgan fingerprint density at radius 2 is 1.65 bits per heavy atom. The van der Waals surface area contributed by atoms with Gasteiger partial charge in [-0.2, -0.15) is 4.98 Å². The topological polar surface area (TPSA) is 70.2 Å². The fraction of sp³-hybridized carbons (Fsp3) is 0.179. The van der Waals surface area contributed by atoms with Gasteiger partial charge in [-0.3, -0.25) is 9.36 Å². The van der Waals surface area contributed by atoms with Gasteiger partial charge in [-0.05, 0) is 81.3 Å². The molecule has 6 heteroatoms. The number of hydrogen-bond acceptors (Lipinski definition) is 5. The van der Waals surface area contributed by atoms with Gasteiger partial charge < -0.3 is 9.26 Å². The number of benzene rings is 3. The highest BCUT2D eigenvalue weighted by Crippen LogP contribution is 2.29. The largest absolute Gasteiger partial charge is 0.491 e. The van der Waals surface area contributed by atoms with Crippen LogP contribution >= 0.6 is 0 Å². The maximum absolute atomic E-state index is 13.3. The van der Waals surface area contributed by atoms with Crippen LogP contribution in [-0.2, 0) is 0 Å². The molecule has 170 valence electrons.